The number of aromatic nitrogens is 3. The lowest BCUT2D eigenvalue weighted by atomic mass is 10.2. The van der Waals surface area contributed by atoms with Crippen molar-refractivity contribution in [2.24, 2.45) is 0 Å². The van der Waals surface area contributed by atoms with E-state index in [9.17, 15) is 4.79 Å². The minimum Gasteiger partial charge on any atom is -0.308 e. The van der Waals surface area contributed by atoms with Crippen LogP contribution in [0.1, 0.15) is 34.9 Å². The van der Waals surface area contributed by atoms with Crippen LogP contribution in [0.15, 0.2) is 41.8 Å². The molecule has 0 radical (unpaired) electrons. The van der Waals surface area contributed by atoms with Crippen LogP contribution in [0.3, 0.4) is 0 Å². The molecule has 148 valence electrons. The number of para-hydroxylation sites is 2. The van der Waals surface area contributed by atoms with Gasteiger partial charge in [0.05, 0.1) is 21.6 Å². The van der Waals surface area contributed by atoms with Crippen molar-refractivity contribution in [3.8, 4) is 0 Å². The highest BCUT2D eigenvalue weighted by Gasteiger charge is 2.24. The first-order valence-corrected chi connectivity index (χ1v) is 10.3. The van der Waals surface area contributed by atoms with Crippen molar-refractivity contribution in [3.05, 3.63) is 58.0 Å². The zero-order valence-corrected chi connectivity index (χ0v) is 18.9. The second-order valence-electron chi connectivity index (χ2n) is 6.65. The van der Waals surface area contributed by atoms with Crippen LogP contribution in [-0.4, -0.2) is 44.3 Å². The van der Waals surface area contributed by atoms with Crippen molar-refractivity contribution in [2.45, 2.75) is 27.3 Å². The van der Waals surface area contributed by atoms with E-state index in [4.69, 9.17) is 4.98 Å². The van der Waals surface area contributed by atoms with E-state index < -0.39 is 0 Å². The zero-order valence-electron chi connectivity index (χ0n) is 16.4. The number of aryl methyl sites for hydroxylation is 1. The summed E-state index contributed by atoms with van der Waals surface area (Å²) in [5.74, 6) is 0.891. The summed E-state index contributed by atoms with van der Waals surface area (Å²) < 4.78 is 4.28. The molecule has 0 N–H and O–H groups in total. The first kappa shape index (κ1) is 20.8. The molecule has 0 amide bonds. The van der Waals surface area contributed by atoms with Crippen molar-refractivity contribution in [1.82, 2.24) is 18.9 Å². The minimum atomic E-state index is 0. The van der Waals surface area contributed by atoms with Crippen LogP contribution in [0.25, 0.3) is 16.8 Å². The molecule has 0 spiro atoms. The second kappa shape index (κ2) is 8.59. The standard InChI is InChI=1S/C21H24N4OS.BrH/c1-4-23(5-2)12-13-24-16-9-6-7-10-17(16)25-19(15(3)22-21(24)25)20(26)18-11-8-14-27-18;/h6-11,14H,4-5,12-13H2,1-3H3;1H. The number of hydrogen-bond donors (Lipinski definition) is 0. The molecule has 4 rings (SSSR count). The van der Waals surface area contributed by atoms with Crippen molar-refractivity contribution >= 4 is 50.9 Å². The van der Waals surface area contributed by atoms with Crippen LogP contribution in [0.5, 0.6) is 0 Å². The maximum absolute atomic E-state index is 13.1. The molecule has 0 bridgehead atoms. The summed E-state index contributed by atoms with van der Waals surface area (Å²) >= 11 is 1.47. The molecule has 0 fully saturated rings. The first-order valence-electron chi connectivity index (χ1n) is 9.42. The van der Waals surface area contributed by atoms with E-state index in [1.54, 1.807) is 0 Å². The summed E-state index contributed by atoms with van der Waals surface area (Å²) in [5.41, 5.74) is 3.61. The fraction of sp³-hybridized carbons (Fsp3) is 0.333. The summed E-state index contributed by atoms with van der Waals surface area (Å²) in [6.45, 7) is 10.2. The Hall–Kier alpha value is -1.96. The number of thiophene rings is 1. The summed E-state index contributed by atoms with van der Waals surface area (Å²) in [6.07, 6.45) is 0. The molecule has 3 heterocycles. The Labute approximate surface area is 179 Å². The van der Waals surface area contributed by atoms with Crippen molar-refractivity contribution in [2.75, 3.05) is 19.6 Å². The van der Waals surface area contributed by atoms with E-state index in [1.807, 2.05) is 41.0 Å². The Kier molecular flexibility index (Phi) is 6.37. The number of nitrogens with zero attached hydrogens (tertiary/aromatic N) is 4. The number of likely N-dealkylation sites (N-methyl/N-ethyl adjacent to an activating group) is 1. The molecule has 3 aromatic heterocycles. The number of rotatable bonds is 7. The Balaban J connectivity index is 0.00000225. The molecular weight excluding hydrogens is 436 g/mol. The number of carbonyl (C=O) groups excluding carboxylic acids is 1. The van der Waals surface area contributed by atoms with Gasteiger partial charge in [0.1, 0.15) is 5.69 Å². The quantitative estimate of drug-likeness (QED) is 0.371. The number of fused-ring (bicyclic) bond motifs is 3. The van der Waals surface area contributed by atoms with Crippen molar-refractivity contribution in [3.63, 3.8) is 0 Å². The molecule has 0 aliphatic carbocycles. The molecule has 0 saturated carbocycles. The maximum atomic E-state index is 13.1. The highest BCUT2D eigenvalue weighted by molar-refractivity contribution is 8.93. The topological polar surface area (TPSA) is 42.5 Å². The first-order chi connectivity index (χ1) is 13.2. The highest BCUT2D eigenvalue weighted by atomic mass is 79.9. The van der Waals surface area contributed by atoms with E-state index in [0.717, 1.165) is 53.6 Å². The van der Waals surface area contributed by atoms with Crippen LogP contribution in [0.4, 0.5) is 0 Å². The normalized spacial score (nSPS) is 11.4. The SMILES string of the molecule is Br.CCN(CC)CCn1c2ccccc2n2c(C(=O)c3cccs3)c(C)nc12. The lowest BCUT2D eigenvalue weighted by molar-refractivity contribution is 0.103. The summed E-state index contributed by atoms with van der Waals surface area (Å²) in [6, 6.07) is 12.0. The van der Waals surface area contributed by atoms with Crippen LogP contribution < -0.4 is 0 Å². The largest absolute Gasteiger partial charge is 0.308 e. The maximum Gasteiger partial charge on any atom is 0.221 e. The number of hydrogen-bond acceptors (Lipinski definition) is 4. The van der Waals surface area contributed by atoms with Crippen molar-refractivity contribution < 1.29 is 4.79 Å². The van der Waals surface area contributed by atoms with Gasteiger partial charge < -0.3 is 9.47 Å². The molecule has 7 heteroatoms. The van der Waals surface area contributed by atoms with Crippen LogP contribution in [0.2, 0.25) is 0 Å². The van der Waals surface area contributed by atoms with Crippen LogP contribution in [0, 0.1) is 6.92 Å². The van der Waals surface area contributed by atoms with Gasteiger partial charge in [-0.25, -0.2) is 4.98 Å². The summed E-state index contributed by atoms with van der Waals surface area (Å²) in [5, 5.41) is 1.94. The monoisotopic (exact) mass is 460 g/mol. The van der Waals surface area contributed by atoms with Gasteiger partial charge in [-0.2, -0.15) is 0 Å². The Morgan fingerprint density at radius 3 is 2.46 bits per heavy atom. The van der Waals surface area contributed by atoms with Gasteiger partial charge in [0, 0.05) is 13.1 Å². The van der Waals surface area contributed by atoms with E-state index >= 15 is 0 Å². The fourth-order valence-corrected chi connectivity index (χ4v) is 4.37. The Bertz CT molecular complexity index is 1090. The van der Waals surface area contributed by atoms with Gasteiger partial charge >= 0.3 is 0 Å². The van der Waals surface area contributed by atoms with Crippen LogP contribution >= 0.6 is 28.3 Å². The van der Waals surface area contributed by atoms with E-state index in [1.165, 1.54) is 11.3 Å². The van der Waals surface area contributed by atoms with E-state index in [0.29, 0.717) is 5.69 Å². The van der Waals surface area contributed by atoms with Gasteiger partial charge in [-0.1, -0.05) is 32.0 Å². The molecule has 0 aliphatic rings. The average molecular weight is 461 g/mol. The third kappa shape index (κ3) is 3.43. The van der Waals surface area contributed by atoms with Gasteiger partial charge in [-0.3, -0.25) is 9.20 Å². The lowest BCUT2D eigenvalue weighted by Gasteiger charge is -2.18. The van der Waals surface area contributed by atoms with Gasteiger partial charge in [-0.05, 0) is 43.6 Å². The molecule has 5 nitrogen and oxygen atoms in total. The summed E-state index contributed by atoms with van der Waals surface area (Å²) in [4.78, 5) is 21.1. The molecule has 0 aliphatic heterocycles. The molecular formula is C21H25BrN4OS. The molecule has 28 heavy (non-hydrogen) atoms. The number of carbonyl (C=O) groups is 1. The number of imidazole rings is 2. The zero-order chi connectivity index (χ0) is 19.0. The van der Waals surface area contributed by atoms with Gasteiger partial charge in [-0.15, -0.1) is 28.3 Å². The molecule has 0 saturated heterocycles. The van der Waals surface area contributed by atoms with E-state index in [-0.39, 0.29) is 22.8 Å². The average Bonchev–Trinajstić information content (AvgIpc) is 3.38. The fourth-order valence-electron chi connectivity index (χ4n) is 3.71. The predicted octanol–water partition coefficient (Wildman–Crippen LogP) is 4.81. The minimum absolute atomic E-state index is 0. The molecule has 4 aromatic rings. The predicted molar refractivity (Wildman–Crippen MR) is 121 cm³/mol. The second-order valence-corrected chi connectivity index (χ2v) is 7.60. The van der Waals surface area contributed by atoms with Crippen molar-refractivity contribution in [1.29, 1.82) is 0 Å². The molecule has 0 atom stereocenters. The number of ketones is 1. The van der Waals surface area contributed by atoms with Gasteiger partial charge in [0.15, 0.2) is 0 Å². The number of benzene rings is 1. The third-order valence-corrected chi connectivity index (χ3v) is 6.05. The molecule has 1 aromatic carbocycles. The van der Waals surface area contributed by atoms with Gasteiger partial charge in [0.25, 0.3) is 0 Å². The van der Waals surface area contributed by atoms with Crippen LogP contribution in [-0.2, 0) is 6.54 Å². The molecule has 0 unspecified atom stereocenters. The smallest absolute Gasteiger partial charge is 0.221 e. The number of halogens is 1. The van der Waals surface area contributed by atoms with E-state index in [2.05, 4.69) is 35.4 Å². The third-order valence-electron chi connectivity index (χ3n) is 5.18. The lowest BCUT2D eigenvalue weighted by Crippen LogP contribution is -2.27. The highest BCUT2D eigenvalue weighted by Crippen LogP contribution is 2.26. The Morgan fingerprint density at radius 2 is 1.82 bits per heavy atom. The Morgan fingerprint density at radius 1 is 1.11 bits per heavy atom. The van der Waals surface area contributed by atoms with Gasteiger partial charge in [0.2, 0.25) is 11.6 Å². The summed E-state index contributed by atoms with van der Waals surface area (Å²) in [7, 11) is 0.